The van der Waals surface area contributed by atoms with Gasteiger partial charge >= 0.3 is 0 Å². The molecule has 4 rings (SSSR count). The number of nitrogens with one attached hydrogen (secondary N) is 1. The highest BCUT2D eigenvalue weighted by Gasteiger charge is 2.19. The average Bonchev–Trinajstić information content (AvgIpc) is 3.10. The fourth-order valence-corrected chi connectivity index (χ4v) is 3.26. The number of piperidine rings is 1. The number of nitrogens with zero attached hydrogens (tertiary/aromatic N) is 2. The first kappa shape index (κ1) is 14.3. The molecule has 1 fully saturated rings. The van der Waals surface area contributed by atoms with Crippen LogP contribution in [0.4, 0.5) is 5.69 Å². The van der Waals surface area contributed by atoms with Crippen molar-refractivity contribution >= 4 is 16.6 Å². The van der Waals surface area contributed by atoms with Gasteiger partial charge in [-0.25, -0.2) is 0 Å². The minimum atomic E-state index is 0.539. The molecule has 3 heterocycles. The molecule has 2 aromatic heterocycles. The zero-order valence-corrected chi connectivity index (χ0v) is 13.1. The van der Waals surface area contributed by atoms with E-state index in [1.54, 1.807) is 6.26 Å². The highest BCUT2D eigenvalue weighted by atomic mass is 16.3. The van der Waals surface area contributed by atoms with Gasteiger partial charge in [0.15, 0.2) is 0 Å². The number of anilines is 1. The maximum Gasteiger partial charge on any atom is 0.117 e. The van der Waals surface area contributed by atoms with E-state index >= 15 is 0 Å². The van der Waals surface area contributed by atoms with Gasteiger partial charge in [-0.05, 0) is 49.2 Å². The van der Waals surface area contributed by atoms with Gasteiger partial charge in [-0.15, -0.1) is 0 Å². The highest BCUT2D eigenvalue weighted by Crippen LogP contribution is 2.21. The largest absolute Gasteiger partial charge is 0.468 e. The van der Waals surface area contributed by atoms with Crippen molar-refractivity contribution in [1.82, 2.24) is 9.88 Å². The molecular weight excluding hydrogens is 286 g/mol. The lowest BCUT2D eigenvalue weighted by Gasteiger charge is -2.32. The van der Waals surface area contributed by atoms with Crippen molar-refractivity contribution in [2.45, 2.75) is 25.4 Å². The van der Waals surface area contributed by atoms with Gasteiger partial charge in [-0.2, -0.15) is 0 Å². The molecule has 1 aromatic carbocycles. The lowest BCUT2D eigenvalue weighted by atomic mass is 10.0. The minimum absolute atomic E-state index is 0.539. The Morgan fingerprint density at radius 3 is 2.87 bits per heavy atom. The fraction of sp³-hybridized carbons (Fsp3) is 0.316. The number of fused-ring (bicyclic) bond motifs is 1. The van der Waals surface area contributed by atoms with Gasteiger partial charge in [0.2, 0.25) is 0 Å². The van der Waals surface area contributed by atoms with Crippen molar-refractivity contribution in [3.05, 3.63) is 60.7 Å². The van der Waals surface area contributed by atoms with Gasteiger partial charge in [0.25, 0.3) is 0 Å². The first-order valence-corrected chi connectivity index (χ1v) is 8.23. The standard InChI is InChI=1S/C19H21N3O/c1-3-15-13-17(5-6-19(15)20-9-1)21-16-7-10-22(11-8-16)14-18-4-2-12-23-18/h1-6,9,12-13,16,21H,7-8,10-11,14H2. The second kappa shape index (κ2) is 6.42. The zero-order chi connectivity index (χ0) is 15.5. The summed E-state index contributed by atoms with van der Waals surface area (Å²) < 4.78 is 5.44. The number of rotatable bonds is 4. The van der Waals surface area contributed by atoms with Crippen LogP contribution in [0, 0.1) is 0 Å². The van der Waals surface area contributed by atoms with E-state index in [0.717, 1.165) is 43.8 Å². The Morgan fingerprint density at radius 2 is 2.04 bits per heavy atom. The summed E-state index contributed by atoms with van der Waals surface area (Å²) in [6.45, 7) is 3.13. The first-order chi connectivity index (χ1) is 11.4. The van der Waals surface area contributed by atoms with Crippen molar-refractivity contribution in [3.8, 4) is 0 Å². The first-order valence-electron chi connectivity index (χ1n) is 8.23. The molecule has 4 nitrogen and oxygen atoms in total. The molecule has 3 aromatic rings. The molecule has 0 atom stereocenters. The lowest BCUT2D eigenvalue weighted by Crippen LogP contribution is -2.38. The predicted octanol–water partition coefficient (Wildman–Crippen LogP) is 3.90. The minimum Gasteiger partial charge on any atom is -0.468 e. The maximum atomic E-state index is 5.44. The lowest BCUT2D eigenvalue weighted by molar-refractivity contribution is 0.197. The van der Waals surface area contributed by atoms with Crippen molar-refractivity contribution in [2.24, 2.45) is 0 Å². The van der Waals surface area contributed by atoms with Crippen LogP contribution in [-0.4, -0.2) is 29.0 Å². The molecule has 0 unspecified atom stereocenters. The van der Waals surface area contributed by atoms with Crippen LogP contribution in [0.15, 0.2) is 59.3 Å². The highest BCUT2D eigenvalue weighted by molar-refractivity contribution is 5.82. The second-order valence-corrected chi connectivity index (χ2v) is 6.19. The summed E-state index contributed by atoms with van der Waals surface area (Å²) in [6, 6.07) is 15.0. The zero-order valence-electron chi connectivity index (χ0n) is 13.1. The summed E-state index contributed by atoms with van der Waals surface area (Å²) in [5.74, 6) is 1.05. The summed E-state index contributed by atoms with van der Waals surface area (Å²) in [6.07, 6.45) is 5.90. The third-order valence-electron chi connectivity index (χ3n) is 4.52. The number of aromatic nitrogens is 1. The molecular formula is C19H21N3O. The van der Waals surface area contributed by atoms with Gasteiger partial charge in [0, 0.05) is 36.4 Å². The van der Waals surface area contributed by atoms with E-state index in [-0.39, 0.29) is 0 Å². The summed E-state index contributed by atoms with van der Waals surface area (Å²) >= 11 is 0. The Balaban J connectivity index is 1.35. The Morgan fingerprint density at radius 1 is 1.13 bits per heavy atom. The van der Waals surface area contributed by atoms with Crippen LogP contribution in [0.1, 0.15) is 18.6 Å². The number of pyridine rings is 1. The maximum absolute atomic E-state index is 5.44. The number of hydrogen-bond donors (Lipinski definition) is 1. The molecule has 0 bridgehead atoms. The summed E-state index contributed by atoms with van der Waals surface area (Å²) in [7, 11) is 0. The Labute approximate surface area is 136 Å². The van der Waals surface area contributed by atoms with E-state index in [0.29, 0.717) is 6.04 Å². The van der Waals surface area contributed by atoms with Gasteiger partial charge in [-0.3, -0.25) is 9.88 Å². The Hall–Kier alpha value is -2.33. The normalized spacial score (nSPS) is 16.7. The second-order valence-electron chi connectivity index (χ2n) is 6.19. The van der Waals surface area contributed by atoms with Crippen molar-refractivity contribution in [2.75, 3.05) is 18.4 Å². The molecule has 0 saturated carbocycles. The van der Waals surface area contributed by atoms with Crippen LogP contribution in [0.25, 0.3) is 10.9 Å². The summed E-state index contributed by atoms with van der Waals surface area (Å²) in [4.78, 5) is 6.83. The summed E-state index contributed by atoms with van der Waals surface area (Å²) in [5.41, 5.74) is 2.24. The SMILES string of the molecule is c1coc(CN2CCC(Nc3ccc4ncccc4c3)CC2)c1. The van der Waals surface area contributed by atoms with Crippen molar-refractivity contribution in [3.63, 3.8) is 0 Å². The topological polar surface area (TPSA) is 41.3 Å². The van der Waals surface area contributed by atoms with Crippen LogP contribution in [0.2, 0.25) is 0 Å². The monoisotopic (exact) mass is 307 g/mol. The van der Waals surface area contributed by atoms with Crippen molar-refractivity contribution < 1.29 is 4.42 Å². The average molecular weight is 307 g/mol. The predicted molar refractivity (Wildman–Crippen MR) is 92.4 cm³/mol. The fourth-order valence-electron chi connectivity index (χ4n) is 3.26. The molecule has 1 N–H and O–H groups in total. The van der Waals surface area contributed by atoms with Gasteiger partial charge < -0.3 is 9.73 Å². The van der Waals surface area contributed by atoms with E-state index < -0.39 is 0 Å². The van der Waals surface area contributed by atoms with Crippen LogP contribution in [-0.2, 0) is 6.54 Å². The molecule has 23 heavy (non-hydrogen) atoms. The molecule has 4 heteroatoms. The molecule has 1 aliphatic rings. The van der Waals surface area contributed by atoms with Crippen LogP contribution < -0.4 is 5.32 Å². The van der Waals surface area contributed by atoms with Crippen LogP contribution in [0.5, 0.6) is 0 Å². The van der Waals surface area contributed by atoms with Gasteiger partial charge in [0.05, 0.1) is 18.3 Å². The number of hydrogen-bond acceptors (Lipinski definition) is 4. The molecule has 118 valence electrons. The quantitative estimate of drug-likeness (QED) is 0.793. The van der Waals surface area contributed by atoms with Gasteiger partial charge in [0.1, 0.15) is 5.76 Å². The molecule has 0 aliphatic carbocycles. The van der Waals surface area contributed by atoms with Crippen molar-refractivity contribution in [1.29, 1.82) is 0 Å². The Kier molecular flexibility index (Phi) is 3.99. The van der Waals surface area contributed by atoms with E-state index in [9.17, 15) is 0 Å². The number of furan rings is 1. The molecule has 0 radical (unpaired) electrons. The smallest absolute Gasteiger partial charge is 0.117 e. The van der Waals surface area contributed by atoms with E-state index in [2.05, 4.69) is 39.5 Å². The van der Waals surface area contributed by atoms with E-state index in [1.807, 2.05) is 24.4 Å². The van der Waals surface area contributed by atoms with Crippen LogP contribution in [0.3, 0.4) is 0 Å². The Bertz CT molecular complexity index is 761. The number of likely N-dealkylation sites (tertiary alicyclic amines) is 1. The third kappa shape index (κ3) is 3.37. The molecule has 0 spiro atoms. The molecule has 1 aliphatic heterocycles. The summed E-state index contributed by atoms with van der Waals surface area (Å²) in [5, 5.41) is 4.86. The number of benzene rings is 1. The molecule has 0 amide bonds. The van der Waals surface area contributed by atoms with E-state index in [1.165, 1.54) is 11.1 Å². The van der Waals surface area contributed by atoms with Gasteiger partial charge in [-0.1, -0.05) is 6.07 Å². The van der Waals surface area contributed by atoms with Crippen LogP contribution >= 0.6 is 0 Å². The third-order valence-corrected chi connectivity index (χ3v) is 4.52. The molecule has 1 saturated heterocycles. The van der Waals surface area contributed by atoms with E-state index in [4.69, 9.17) is 4.42 Å².